The molecule has 2 aromatic rings. The number of aliphatic hydroxyl groups is 2. The van der Waals surface area contributed by atoms with E-state index in [9.17, 15) is 41.8 Å². The number of rotatable bonds is 2. The van der Waals surface area contributed by atoms with Crippen LogP contribution in [0.1, 0.15) is 29.7 Å². The molecule has 0 radical (unpaired) electrons. The molecule has 1 aromatic carbocycles. The van der Waals surface area contributed by atoms with Gasteiger partial charge in [-0.3, -0.25) is 14.5 Å². The minimum Gasteiger partial charge on any atom is -0.387 e. The maximum atomic E-state index is 14.9. The van der Waals surface area contributed by atoms with Crippen LogP contribution in [0, 0.1) is 18.6 Å². The first-order valence-electron chi connectivity index (χ1n) is 10.6. The quantitative estimate of drug-likeness (QED) is 0.470. The summed E-state index contributed by atoms with van der Waals surface area (Å²) in [6.07, 6.45) is -8.15. The molecule has 0 saturated carbocycles. The minimum absolute atomic E-state index is 0.00830. The predicted molar refractivity (Wildman–Crippen MR) is 114 cm³/mol. The second-order valence-electron chi connectivity index (χ2n) is 8.37. The lowest BCUT2D eigenvalue weighted by Crippen LogP contribution is -2.52. The smallest absolute Gasteiger partial charge is 0.387 e. The molecule has 0 bridgehead atoms. The monoisotopic (exact) mass is 519 g/mol. The van der Waals surface area contributed by atoms with Gasteiger partial charge in [0.05, 0.1) is 16.3 Å². The zero-order valence-electron chi connectivity index (χ0n) is 18.1. The predicted octanol–water partition coefficient (Wildman–Crippen LogP) is 3.15. The Morgan fingerprint density at radius 1 is 1.14 bits per heavy atom. The molecule has 13 heteroatoms. The summed E-state index contributed by atoms with van der Waals surface area (Å²) in [6.45, 7) is 1.13. The Kier molecular flexibility index (Phi) is 6.49. The highest BCUT2D eigenvalue weighted by Crippen LogP contribution is 2.39. The van der Waals surface area contributed by atoms with Gasteiger partial charge in [0.15, 0.2) is 6.10 Å². The van der Waals surface area contributed by atoms with Crippen LogP contribution in [0.25, 0.3) is 0 Å². The lowest BCUT2D eigenvalue weighted by Gasteiger charge is -2.31. The van der Waals surface area contributed by atoms with Crippen LogP contribution < -0.4 is 9.80 Å². The van der Waals surface area contributed by atoms with Crippen LogP contribution in [-0.2, 0) is 22.2 Å². The summed E-state index contributed by atoms with van der Waals surface area (Å²) in [5.74, 6) is -5.12. The van der Waals surface area contributed by atoms with E-state index in [4.69, 9.17) is 11.6 Å². The molecule has 1 aromatic heterocycles. The van der Waals surface area contributed by atoms with Gasteiger partial charge in [-0.1, -0.05) is 11.6 Å². The van der Waals surface area contributed by atoms with Crippen molar-refractivity contribution in [3.05, 3.63) is 51.7 Å². The second-order valence-corrected chi connectivity index (χ2v) is 8.75. The molecule has 0 unspecified atom stereocenters. The number of benzene rings is 1. The number of hydrogen-bond donors (Lipinski definition) is 2. The molecule has 2 amide bonds. The van der Waals surface area contributed by atoms with Gasteiger partial charge in [0.25, 0.3) is 11.8 Å². The van der Waals surface area contributed by atoms with E-state index in [1.54, 1.807) is 0 Å². The SMILES string of the molecule is Cc1cc(C(F)(F)F)cc(N2C(=O)[C@@H](O)[C@@H](O)[C@H]2C(=O)N2CCCCc3c(Cl)c(F)cc(F)c32)n1. The van der Waals surface area contributed by atoms with E-state index < -0.39 is 64.3 Å². The van der Waals surface area contributed by atoms with Gasteiger partial charge < -0.3 is 15.1 Å². The number of alkyl halides is 3. The van der Waals surface area contributed by atoms with Crippen LogP contribution in [0.3, 0.4) is 0 Å². The summed E-state index contributed by atoms with van der Waals surface area (Å²) in [6, 6.07) is -0.195. The molecule has 0 aliphatic carbocycles. The zero-order valence-corrected chi connectivity index (χ0v) is 18.9. The molecular formula is C22H19ClF5N3O4. The van der Waals surface area contributed by atoms with Gasteiger partial charge in [-0.25, -0.2) is 13.8 Å². The van der Waals surface area contributed by atoms with E-state index >= 15 is 0 Å². The van der Waals surface area contributed by atoms with Gasteiger partial charge in [0.1, 0.15) is 29.6 Å². The number of pyridine rings is 1. The first-order chi connectivity index (χ1) is 16.3. The highest BCUT2D eigenvalue weighted by Gasteiger charge is 2.53. The van der Waals surface area contributed by atoms with Crippen molar-refractivity contribution < 1.29 is 41.8 Å². The highest BCUT2D eigenvalue weighted by molar-refractivity contribution is 6.32. The maximum absolute atomic E-state index is 14.9. The molecule has 188 valence electrons. The molecule has 2 aliphatic rings. The largest absolute Gasteiger partial charge is 0.416 e. The highest BCUT2D eigenvalue weighted by atomic mass is 35.5. The number of amides is 2. The van der Waals surface area contributed by atoms with Crippen LogP contribution in [0.5, 0.6) is 0 Å². The number of fused-ring (bicyclic) bond motifs is 1. The molecule has 7 nitrogen and oxygen atoms in total. The number of anilines is 2. The second kappa shape index (κ2) is 8.99. The fraction of sp³-hybridized carbons (Fsp3) is 0.409. The first-order valence-corrected chi connectivity index (χ1v) is 10.9. The normalized spacial score (nSPS) is 22.9. The first kappa shape index (κ1) is 25.3. The van der Waals surface area contributed by atoms with Gasteiger partial charge in [-0.2, -0.15) is 13.2 Å². The third-order valence-corrected chi connectivity index (χ3v) is 6.43. The topological polar surface area (TPSA) is 94.0 Å². The number of aliphatic hydroxyl groups excluding tert-OH is 2. The van der Waals surface area contributed by atoms with E-state index in [0.29, 0.717) is 29.9 Å². The van der Waals surface area contributed by atoms with E-state index in [2.05, 4.69) is 4.98 Å². The van der Waals surface area contributed by atoms with Crippen LogP contribution >= 0.6 is 11.6 Å². The van der Waals surface area contributed by atoms with Crippen LogP contribution in [-0.4, -0.2) is 51.8 Å². The molecule has 3 atom stereocenters. The van der Waals surface area contributed by atoms with Gasteiger partial charge in [0, 0.05) is 23.9 Å². The fourth-order valence-corrected chi connectivity index (χ4v) is 4.66. The fourth-order valence-electron chi connectivity index (χ4n) is 4.42. The minimum atomic E-state index is -4.81. The summed E-state index contributed by atoms with van der Waals surface area (Å²) in [5.41, 5.74) is -1.65. The Hall–Kier alpha value is -2.83. The molecule has 3 heterocycles. The molecular weight excluding hydrogens is 501 g/mol. The Bertz CT molecular complexity index is 1210. The molecule has 2 aliphatic heterocycles. The summed E-state index contributed by atoms with van der Waals surface area (Å²) in [5, 5.41) is 20.4. The van der Waals surface area contributed by atoms with E-state index in [1.165, 1.54) is 6.92 Å². The van der Waals surface area contributed by atoms with Crippen LogP contribution in [0.2, 0.25) is 5.02 Å². The van der Waals surface area contributed by atoms with Crippen molar-refractivity contribution in [2.75, 3.05) is 16.3 Å². The molecule has 0 spiro atoms. The van der Waals surface area contributed by atoms with Gasteiger partial charge in [-0.15, -0.1) is 0 Å². The third kappa shape index (κ3) is 4.34. The Morgan fingerprint density at radius 3 is 2.49 bits per heavy atom. The van der Waals surface area contributed by atoms with Crippen molar-refractivity contribution in [2.24, 2.45) is 0 Å². The lowest BCUT2D eigenvalue weighted by molar-refractivity contribution is -0.137. The number of carbonyl (C=O) groups is 2. The Labute approximate surface area is 200 Å². The van der Waals surface area contributed by atoms with Gasteiger partial charge in [-0.05, 0) is 38.3 Å². The number of nitrogens with zero attached hydrogens (tertiary/aromatic N) is 3. The average Bonchev–Trinajstić information content (AvgIpc) is 2.93. The lowest BCUT2D eigenvalue weighted by atomic mass is 10.0. The average molecular weight is 520 g/mol. The summed E-state index contributed by atoms with van der Waals surface area (Å²) >= 11 is 6.01. The van der Waals surface area contributed by atoms with Crippen molar-refractivity contribution in [3.63, 3.8) is 0 Å². The summed E-state index contributed by atoms with van der Waals surface area (Å²) < 4.78 is 69.0. The Morgan fingerprint density at radius 2 is 1.83 bits per heavy atom. The standard InChI is InChI=1S/C22H19ClF5N3O4/c1-9-6-10(22(26,27)28)7-14(29-9)31-17(18(32)19(33)21(31)35)20(34)30-5-3-2-4-11-15(23)12(24)8-13(25)16(11)30/h6-8,17-19,32-33H,2-5H2,1H3/t17-,18-,19-/m0/s1. The van der Waals surface area contributed by atoms with Crippen molar-refractivity contribution >= 4 is 34.9 Å². The molecule has 2 N–H and O–H groups in total. The van der Waals surface area contributed by atoms with Crippen LogP contribution in [0.4, 0.5) is 33.5 Å². The van der Waals surface area contributed by atoms with Crippen molar-refractivity contribution in [1.82, 2.24) is 4.98 Å². The van der Waals surface area contributed by atoms with Crippen LogP contribution in [0.15, 0.2) is 18.2 Å². The number of hydrogen-bond acceptors (Lipinski definition) is 5. The van der Waals surface area contributed by atoms with Gasteiger partial charge >= 0.3 is 6.18 Å². The number of carbonyl (C=O) groups excluding carboxylic acids is 2. The van der Waals surface area contributed by atoms with Crippen molar-refractivity contribution in [3.8, 4) is 0 Å². The van der Waals surface area contributed by atoms with E-state index in [1.807, 2.05) is 0 Å². The number of halogens is 6. The van der Waals surface area contributed by atoms with Gasteiger partial charge in [0.2, 0.25) is 0 Å². The summed E-state index contributed by atoms with van der Waals surface area (Å²) in [4.78, 5) is 31.6. The Balaban J connectivity index is 1.83. The molecule has 4 rings (SSSR count). The van der Waals surface area contributed by atoms with Crippen molar-refractivity contribution in [2.45, 2.75) is 50.6 Å². The molecule has 35 heavy (non-hydrogen) atoms. The molecule has 1 fully saturated rings. The maximum Gasteiger partial charge on any atom is 0.416 e. The zero-order chi connectivity index (χ0) is 25.8. The van der Waals surface area contributed by atoms with Crippen molar-refractivity contribution in [1.29, 1.82) is 0 Å². The van der Waals surface area contributed by atoms with E-state index in [0.717, 1.165) is 11.0 Å². The molecule has 1 saturated heterocycles. The third-order valence-electron chi connectivity index (χ3n) is 6.02. The summed E-state index contributed by atoms with van der Waals surface area (Å²) in [7, 11) is 0. The van der Waals surface area contributed by atoms with E-state index in [-0.39, 0.29) is 29.9 Å². The number of aryl methyl sites for hydroxylation is 1. The number of aromatic nitrogens is 1.